The highest BCUT2D eigenvalue weighted by atomic mass is 16.5. The van der Waals surface area contributed by atoms with Crippen LogP contribution in [0.4, 0.5) is 0 Å². The predicted octanol–water partition coefficient (Wildman–Crippen LogP) is 1.65. The SMILES string of the molecule is CO[B]N1CCn2c(cc3cc(OC)ccc32)C1. The zero-order chi connectivity index (χ0) is 12.5. The number of aromatic nitrogens is 1. The highest BCUT2D eigenvalue weighted by Gasteiger charge is 2.19. The first-order chi connectivity index (χ1) is 8.81. The Morgan fingerprint density at radius 3 is 2.83 bits per heavy atom. The van der Waals surface area contributed by atoms with Crippen LogP contribution in [0.2, 0.25) is 0 Å². The van der Waals surface area contributed by atoms with Crippen molar-refractivity contribution in [1.29, 1.82) is 0 Å². The van der Waals surface area contributed by atoms with Gasteiger partial charge in [-0.25, -0.2) is 0 Å². The van der Waals surface area contributed by atoms with Crippen molar-refractivity contribution in [2.45, 2.75) is 13.1 Å². The molecule has 0 atom stereocenters. The van der Waals surface area contributed by atoms with Gasteiger partial charge in [0.1, 0.15) is 5.75 Å². The molecule has 1 radical (unpaired) electrons. The van der Waals surface area contributed by atoms with Gasteiger partial charge in [-0.1, -0.05) is 0 Å². The van der Waals surface area contributed by atoms with E-state index in [0.717, 1.165) is 25.4 Å². The Kier molecular flexibility index (Phi) is 3.01. The molecule has 0 bridgehead atoms. The Balaban J connectivity index is 1.98. The summed E-state index contributed by atoms with van der Waals surface area (Å²) in [6.07, 6.45) is 0. The summed E-state index contributed by atoms with van der Waals surface area (Å²) >= 11 is 0. The molecule has 0 amide bonds. The lowest BCUT2D eigenvalue weighted by molar-refractivity contribution is 0.296. The number of benzene rings is 1. The van der Waals surface area contributed by atoms with Crippen LogP contribution in [0.1, 0.15) is 5.69 Å². The molecule has 1 aliphatic rings. The monoisotopic (exact) mass is 243 g/mol. The van der Waals surface area contributed by atoms with Crippen molar-refractivity contribution < 1.29 is 9.39 Å². The maximum atomic E-state index is 5.27. The van der Waals surface area contributed by atoms with E-state index in [4.69, 9.17) is 9.39 Å². The smallest absolute Gasteiger partial charge is 0.398 e. The van der Waals surface area contributed by atoms with E-state index in [0.29, 0.717) is 0 Å². The van der Waals surface area contributed by atoms with Crippen molar-refractivity contribution in [1.82, 2.24) is 9.38 Å². The fraction of sp³-hybridized carbons (Fsp3) is 0.385. The van der Waals surface area contributed by atoms with E-state index in [9.17, 15) is 0 Å². The van der Waals surface area contributed by atoms with E-state index in [1.165, 1.54) is 16.6 Å². The fourth-order valence-corrected chi connectivity index (χ4v) is 2.58. The third-order valence-corrected chi connectivity index (χ3v) is 3.42. The van der Waals surface area contributed by atoms with E-state index in [-0.39, 0.29) is 0 Å². The summed E-state index contributed by atoms with van der Waals surface area (Å²) < 4.78 is 12.7. The van der Waals surface area contributed by atoms with Crippen LogP contribution >= 0.6 is 0 Å². The van der Waals surface area contributed by atoms with Gasteiger partial charge in [0.2, 0.25) is 0 Å². The minimum atomic E-state index is 0.894. The Morgan fingerprint density at radius 1 is 1.17 bits per heavy atom. The van der Waals surface area contributed by atoms with Crippen molar-refractivity contribution in [3.05, 3.63) is 30.0 Å². The fourth-order valence-electron chi connectivity index (χ4n) is 2.58. The summed E-state index contributed by atoms with van der Waals surface area (Å²) in [6, 6.07) is 8.47. The Hall–Kier alpha value is -1.46. The number of fused-ring (bicyclic) bond motifs is 3. The van der Waals surface area contributed by atoms with Crippen LogP contribution in [0.15, 0.2) is 24.3 Å². The van der Waals surface area contributed by atoms with Crippen LogP contribution in [0.25, 0.3) is 10.9 Å². The zero-order valence-corrected chi connectivity index (χ0v) is 10.7. The second-order valence-electron chi connectivity index (χ2n) is 4.52. The number of nitrogens with zero attached hydrogens (tertiary/aromatic N) is 2. The molecule has 2 aromatic rings. The third kappa shape index (κ3) is 1.89. The zero-order valence-electron chi connectivity index (χ0n) is 10.7. The number of hydrogen-bond donors (Lipinski definition) is 0. The third-order valence-electron chi connectivity index (χ3n) is 3.42. The summed E-state index contributed by atoms with van der Waals surface area (Å²) in [5.41, 5.74) is 2.60. The van der Waals surface area contributed by atoms with Crippen LogP contribution in [0.3, 0.4) is 0 Å². The molecule has 0 fully saturated rings. The van der Waals surface area contributed by atoms with E-state index in [1.807, 2.05) is 6.07 Å². The molecule has 0 unspecified atom stereocenters. The van der Waals surface area contributed by atoms with Crippen LogP contribution in [-0.2, 0) is 17.7 Å². The van der Waals surface area contributed by atoms with Crippen molar-refractivity contribution in [3.63, 3.8) is 0 Å². The topological polar surface area (TPSA) is 26.6 Å². The lowest BCUT2D eigenvalue weighted by Crippen LogP contribution is -2.36. The van der Waals surface area contributed by atoms with Gasteiger partial charge >= 0.3 is 7.62 Å². The average Bonchev–Trinajstić information content (AvgIpc) is 2.75. The Bertz CT molecular complexity index is 567. The second kappa shape index (κ2) is 4.67. The molecule has 5 heteroatoms. The van der Waals surface area contributed by atoms with Crippen LogP contribution in [-0.4, -0.2) is 37.8 Å². The molecular weight excluding hydrogens is 227 g/mol. The summed E-state index contributed by atoms with van der Waals surface area (Å²) in [5, 5.41) is 1.24. The molecule has 0 aliphatic carbocycles. The number of rotatable bonds is 3. The van der Waals surface area contributed by atoms with Gasteiger partial charge in [0.15, 0.2) is 0 Å². The van der Waals surface area contributed by atoms with Gasteiger partial charge < -0.3 is 18.8 Å². The standard InChI is InChI=1S/C13H16BN2O2/c1-17-12-3-4-13-10(8-12)7-11-9-15(14-18-2)5-6-16(11)13/h3-4,7-8H,5-6,9H2,1-2H3. The van der Waals surface area contributed by atoms with E-state index in [1.54, 1.807) is 21.8 Å². The van der Waals surface area contributed by atoms with E-state index < -0.39 is 0 Å². The molecule has 0 spiro atoms. The molecular formula is C13H16BN2O2. The van der Waals surface area contributed by atoms with Crippen molar-refractivity contribution in [3.8, 4) is 5.75 Å². The summed E-state index contributed by atoms with van der Waals surface area (Å²) in [6.45, 7) is 2.87. The van der Waals surface area contributed by atoms with Gasteiger partial charge in [-0.3, -0.25) is 0 Å². The van der Waals surface area contributed by atoms with E-state index in [2.05, 4.69) is 27.6 Å². The van der Waals surface area contributed by atoms with Gasteiger partial charge in [0.25, 0.3) is 0 Å². The first-order valence-corrected chi connectivity index (χ1v) is 6.08. The van der Waals surface area contributed by atoms with Gasteiger partial charge in [-0.2, -0.15) is 0 Å². The van der Waals surface area contributed by atoms with Crippen molar-refractivity contribution in [2.75, 3.05) is 20.8 Å². The normalized spacial score (nSPS) is 15.7. The summed E-state index contributed by atoms with van der Waals surface area (Å²) in [7, 11) is 5.18. The largest absolute Gasteiger partial charge is 0.497 e. The Morgan fingerprint density at radius 2 is 2.06 bits per heavy atom. The maximum absolute atomic E-state index is 5.27. The second-order valence-corrected chi connectivity index (χ2v) is 4.52. The molecule has 1 aliphatic heterocycles. The first-order valence-electron chi connectivity index (χ1n) is 6.08. The van der Waals surface area contributed by atoms with Gasteiger partial charge in [0.05, 0.1) is 7.11 Å². The summed E-state index contributed by atoms with van der Waals surface area (Å²) in [5.74, 6) is 0.908. The minimum absolute atomic E-state index is 0.894. The predicted molar refractivity (Wildman–Crippen MR) is 71.7 cm³/mol. The summed E-state index contributed by atoms with van der Waals surface area (Å²) in [4.78, 5) is 2.19. The molecule has 1 aromatic heterocycles. The highest BCUT2D eigenvalue weighted by Crippen LogP contribution is 2.27. The quantitative estimate of drug-likeness (QED) is 0.767. The number of ether oxygens (including phenoxy) is 1. The molecule has 2 heterocycles. The molecule has 93 valence electrons. The molecule has 3 rings (SSSR count). The van der Waals surface area contributed by atoms with E-state index >= 15 is 0 Å². The van der Waals surface area contributed by atoms with Gasteiger partial charge in [0, 0.05) is 43.3 Å². The average molecular weight is 243 g/mol. The molecule has 4 nitrogen and oxygen atoms in total. The molecule has 0 N–H and O–H groups in total. The first kappa shape index (κ1) is 11.6. The van der Waals surface area contributed by atoms with Crippen molar-refractivity contribution >= 4 is 18.5 Å². The van der Waals surface area contributed by atoms with Crippen LogP contribution < -0.4 is 4.74 Å². The molecule has 0 saturated carbocycles. The van der Waals surface area contributed by atoms with Crippen molar-refractivity contribution in [2.24, 2.45) is 0 Å². The molecule has 18 heavy (non-hydrogen) atoms. The number of hydrogen-bond acceptors (Lipinski definition) is 3. The highest BCUT2D eigenvalue weighted by molar-refractivity contribution is 6.23. The van der Waals surface area contributed by atoms with Gasteiger partial charge in [-0.15, -0.1) is 0 Å². The maximum Gasteiger partial charge on any atom is 0.398 e. The molecule has 1 aromatic carbocycles. The lowest BCUT2D eigenvalue weighted by atomic mass is 10.1. The Labute approximate surface area is 107 Å². The van der Waals surface area contributed by atoms with Gasteiger partial charge in [-0.05, 0) is 24.3 Å². The van der Waals surface area contributed by atoms with Crippen LogP contribution in [0.5, 0.6) is 5.75 Å². The molecule has 0 saturated heterocycles. The minimum Gasteiger partial charge on any atom is -0.497 e. The number of methoxy groups -OCH3 is 1. The van der Waals surface area contributed by atoms with Crippen LogP contribution in [0, 0.1) is 0 Å². The lowest BCUT2D eigenvalue weighted by Gasteiger charge is -2.27.